The number of fused-ring (bicyclic) bond motifs is 1. The van der Waals surface area contributed by atoms with Crippen molar-refractivity contribution in [2.45, 2.75) is 3.79 Å². The molecule has 0 spiro atoms. The first-order chi connectivity index (χ1) is 6.07. The van der Waals surface area contributed by atoms with Crippen molar-refractivity contribution < 1.29 is 4.42 Å². The summed E-state index contributed by atoms with van der Waals surface area (Å²) in [4.78, 5) is 4.02. The molecule has 0 aliphatic heterocycles. The summed E-state index contributed by atoms with van der Waals surface area (Å²) in [5, 5.41) is 0. The van der Waals surface area contributed by atoms with E-state index in [1.165, 1.54) is 0 Å². The number of aromatic nitrogens is 1. The third-order valence-electron chi connectivity index (χ3n) is 1.54. The fourth-order valence-corrected chi connectivity index (χ4v) is 1.24. The van der Waals surface area contributed by atoms with Crippen molar-refractivity contribution in [3.8, 4) is 0 Å². The zero-order chi connectivity index (χ0) is 9.47. The van der Waals surface area contributed by atoms with Crippen LogP contribution in [-0.2, 0) is 3.79 Å². The van der Waals surface area contributed by atoms with Gasteiger partial charge < -0.3 is 4.42 Å². The summed E-state index contributed by atoms with van der Waals surface area (Å²) >= 11 is 16.8. The Morgan fingerprint density at radius 3 is 2.46 bits per heavy atom. The molecule has 1 aromatic heterocycles. The van der Waals surface area contributed by atoms with Crippen LogP contribution < -0.4 is 0 Å². The highest BCUT2D eigenvalue weighted by Crippen LogP contribution is 2.38. The number of nitrogens with zero attached hydrogens (tertiary/aromatic N) is 1. The van der Waals surface area contributed by atoms with Crippen molar-refractivity contribution in [3.63, 3.8) is 0 Å². The smallest absolute Gasteiger partial charge is 0.266 e. The minimum Gasteiger partial charge on any atom is -0.436 e. The van der Waals surface area contributed by atoms with Gasteiger partial charge in [0.25, 0.3) is 3.79 Å². The Balaban J connectivity index is 2.63. The molecule has 0 unspecified atom stereocenters. The molecule has 0 fully saturated rings. The SMILES string of the molecule is ClC(Cl)(Cl)c1nc2ccccc2o1. The molecule has 0 aliphatic rings. The van der Waals surface area contributed by atoms with Crippen LogP contribution in [-0.4, -0.2) is 4.98 Å². The standard InChI is InChI=1S/C8H4Cl3NO/c9-8(10,11)7-12-5-3-1-2-4-6(5)13-7/h1-4H. The summed E-state index contributed by atoms with van der Waals surface area (Å²) in [6.45, 7) is 0. The lowest BCUT2D eigenvalue weighted by Gasteiger charge is -2.02. The van der Waals surface area contributed by atoms with Crippen molar-refractivity contribution >= 4 is 45.9 Å². The van der Waals surface area contributed by atoms with Gasteiger partial charge in [0.05, 0.1) is 0 Å². The summed E-state index contributed by atoms with van der Waals surface area (Å²) in [7, 11) is 0. The summed E-state index contributed by atoms with van der Waals surface area (Å²) in [5.74, 6) is 0.0960. The van der Waals surface area contributed by atoms with Crippen LogP contribution in [0.1, 0.15) is 5.89 Å². The predicted octanol–water partition coefficient (Wildman–Crippen LogP) is 3.65. The maximum absolute atomic E-state index is 5.60. The van der Waals surface area contributed by atoms with Crippen molar-refractivity contribution in [1.82, 2.24) is 4.98 Å². The maximum Gasteiger partial charge on any atom is 0.266 e. The van der Waals surface area contributed by atoms with Gasteiger partial charge in [-0.3, -0.25) is 0 Å². The summed E-state index contributed by atoms with van der Waals surface area (Å²) < 4.78 is 3.63. The first-order valence-corrected chi connectivity index (χ1v) is 4.63. The van der Waals surface area contributed by atoms with E-state index >= 15 is 0 Å². The van der Waals surface area contributed by atoms with Crippen LogP contribution in [0.2, 0.25) is 0 Å². The van der Waals surface area contributed by atoms with Crippen LogP contribution in [0, 0.1) is 0 Å². The van der Waals surface area contributed by atoms with E-state index in [1.807, 2.05) is 12.1 Å². The number of rotatable bonds is 0. The zero-order valence-corrected chi connectivity index (χ0v) is 8.57. The molecular formula is C8H4Cl3NO. The molecule has 1 aromatic carbocycles. The number of hydrogen-bond donors (Lipinski definition) is 0. The van der Waals surface area contributed by atoms with Crippen LogP contribution in [0.5, 0.6) is 0 Å². The normalized spacial score (nSPS) is 12.2. The van der Waals surface area contributed by atoms with E-state index in [-0.39, 0.29) is 5.89 Å². The highest BCUT2D eigenvalue weighted by molar-refractivity contribution is 6.66. The number of oxazole rings is 1. The van der Waals surface area contributed by atoms with Crippen LogP contribution in [0.3, 0.4) is 0 Å². The minimum atomic E-state index is -1.60. The highest BCUT2D eigenvalue weighted by atomic mass is 35.6. The van der Waals surface area contributed by atoms with Gasteiger partial charge in [0.1, 0.15) is 5.52 Å². The molecule has 0 bridgehead atoms. The quantitative estimate of drug-likeness (QED) is 0.653. The van der Waals surface area contributed by atoms with Gasteiger partial charge in [-0.2, -0.15) is 0 Å². The Labute approximate surface area is 89.4 Å². The Kier molecular flexibility index (Phi) is 2.14. The second-order valence-electron chi connectivity index (χ2n) is 2.48. The first kappa shape index (κ1) is 9.13. The molecule has 0 aliphatic carbocycles. The molecule has 0 atom stereocenters. The fourth-order valence-electron chi connectivity index (χ4n) is 0.993. The van der Waals surface area contributed by atoms with Crippen molar-refractivity contribution in [2.75, 3.05) is 0 Å². The minimum absolute atomic E-state index is 0.0960. The monoisotopic (exact) mass is 235 g/mol. The van der Waals surface area contributed by atoms with Crippen molar-refractivity contribution in [3.05, 3.63) is 30.2 Å². The lowest BCUT2D eigenvalue weighted by Crippen LogP contribution is -1.99. The number of halogens is 3. The molecule has 68 valence electrons. The van der Waals surface area contributed by atoms with Crippen LogP contribution >= 0.6 is 34.8 Å². The van der Waals surface area contributed by atoms with Crippen molar-refractivity contribution in [2.24, 2.45) is 0 Å². The van der Waals surface area contributed by atoms with Crippen LogP contribution in [0.15, 0.2) is 28.7 Å². The van der Waals surface area contributed by atoms with Crippen LogP contribution in [0.4, 0.5) is 0 Å². The predicted molar refractivity (Wildman–Crippen MR) is 53.2 cm³/mol. The summed E-state index contributed by atoms with van der Waals surface area (Å²) in [6, 6.07) is 7.23. The average Bonchev–Trinajstić information content (AvgIpc) is 2.45. The molecule has 0 radical (unpaired) electrons. The molecule has 0 amide bonds. The van der Waals surface area contributed by atoms with E-state index in [9.17, 15) is 0 Å². The van der Waals surface area contributed by atoms with E-state index in [0.717, 1.165) is 0 Å². The molecule has 13 heavy (non-hydrogen) atoms. The second-order valence-corrected chi connectivity index (χ2v) is 4.77. The van der Waals surface area contributed by atoms with Crippen molar-refractivity contribution in [1.29, 1.82) is 0 Å². The second kappa shape index (κ2) is 3.05. The van der Waals surface area contributed by atoms with Gasteiger partial charge in [0.2, 0.25) is 5.89 Å². The van der Waals surface area contributed by atoms with Gasteiger partial charge in [0, 0.05) is 0 Å². The molecule has 0 saturated carbocycles. The Morgan fingerprint density at radius 1 is 1.15 bits per heavy atom. The molecule has 2 aromatic rings. The molecule has 2 nitrogen and oxygen atoms in total. The summed E-state index contributed by atoms with van der Waals surface area (Å²) in [6.07, 6.45) is 0. The molecular weight excluding hydrogens is 232 g/mol. The van der Waals surface area contributed by atoms with Gasteiger partial charge in [-0.05, 0) is 12.1 Å². The number of hydrogen-bond acceptors (Lipinski definition) is 2. The highest BCUT2D eigenvalue weighted by Gasteiger charge is 2.29. The Bertz CT molecular complexity index is 399. The molecule has 0 saturated heterocycles. The van der Waals surface area contributed by atoms with E-state index in [0.29, 0.717) is 11.1 Å². The van der Waals surface area contributed by atoms with Gasteiger partial charge in [-0.15, -0.1) is 0 Å². The van der Waals surface area contributed by atoms with Gasteiger partial charge in [-0.25, -0.2) is 4.98 Å². The lowest BCUT2D eigenvalue weighted by molar-refractivity contribution is 0.540. The third-order valence-corrected chi connectivity index (χ3v) is 2.02. The average molecular weight is 236 g/mol. The molecule has 1 heterocycles. The zero-order valence-electron chi connectivity index (χ0n) is 6.30. The van der Waals surface area contributed by atoms with E-state index in [4.69, 9.17) is 39.2 Å². The number of para-hydroxylation sites is 2. The van der Waals surface area contributed by atoms with E-state index in [1.54, 1.807) is 12.1 Å². The van der Waals surface area contributed by atoms with Gasteiger partial charge in [0.15, 0.2) is 5.58 Å². The van der Waals surface area contributed by atoms with Gasteiger partial charge in [-0.1, -0.05) is 46.9 Å². The summed E-state index contributed by atoms with van der Waals surface area (Å²) in [5.41, 5.74) is 1.30. The first-order valence-electron chi connectivity index (χ1n) is 3.50. The fraction of sp³-hybridized carbons (Fsp3) is 0.125. The van der Waals surface area contributed by atoms with Gasteiger partial charge >= 0.3 is 0 Å². The molecule has 0 N–H and O–H groups in total. The van der Waals surface area contributed by atoms with E-state index in [2.05, 4.69) is 4.98 Å². The van der Waals surface area contributed by atoms with Crippen LogP contribution in [0.25, 0.3) is 11.1 Å². The lowest BCUT2D eigenvalue weighted by atomic mass is 10.3. The Hall–Kier alpha value is -0.440. The number of benzene rings is 1. The maximum atomic E-state index is 5.60. The Morgan fingerprint density at radius 2 is 1.85 bits per heavy atom. The van der Waals surface area contributed by atoms with E-state index < -0.39 is 3.79 Å². The topological polar surface area (TPSA) is 26.0 Å². The number of alkyl halides is 3. The molecule has 2 rings (SSSR count). The third kappa shape index (κ3) is 1.75. The largest absolute Gasteiger partial charge is 0.436 e. The molecule has 5 heteroatoms.